The van der Waals surface area contributed by atoms with Gasteiger partial charge in [-0.25, -0.2) is 5.43 Å². The molecule has 5 nitrogen and oxygen atoms in total. The molecule has 0 saturated carbocycles. The topological polar surface area (TPSA) is 62.7 Å². The smallest absolute Gasteiger partial charge is 0.259 e. The Morgan fingerprint density at radius 2 is 2.00 bits per heavy atom. The summed E-state index contributed by atoms with van der Waals surface area (Å²) in [5, 5.41) is 7.12. The highest BCUT2D eigenvalue weighted by Gasteiger charge is 2.04. The third-order valence-corrected chi connectivity index (χ3v) is 4.55. The van der Waals surface area contributed by atoms with E-state index in [0.717, 1.165) is 25.8 Å². The lowest BCUT2D eigenvalue weighted by Gasteiger charge is -2.06. The van der Waals surface area contributed by atoms with Crippen LogP contribution in [0, 0.1) is 0 Å². The maximum absolute atomic E-state index is 11.8. The zero-order chi connectivity index (χ0) is 15.9. The second-order valence-corrected chi connectivity index (χ2v) is 6.88. The molecule has 1 heterocycles. The van der Waals surface area contributed by atoms with Crippen LogP contribution in [0.5, 0.6) is 5.75 Å². The molecule has 22 heavy (non-hydrogen) atoms. The number of methoxy groups -OCH3 is 1. The van der Waals surface area contributed by atoms with Gasteiger partial charge in [-0.3, -0.25) is 4.79 Å². The molecule has 1 amide bonds. The number of carbonyl (C=O) groups is 1. The molecule has 0 atom stereocenters. The van der Waals surface area contributed by atoms with Crippen molar-refractivity contribution >= 4 is 44.6 Å². The number of ether oxygens (including phenoxy) is 1. The van der Waals surface area contributed by atoms with Gasteiger partial charge in [-0.15, -0.1) is 11.3 Å². The van der Waals surface area contributed by atoms with Crippen LogP contribution in [0.2, 0.25) is 0 Å². The first-order valence-electron chi connectivity index (χ1n) is 6.55. The molecule has 1 aromatic carbocycles. The van der Waals surface area contributed by atoms with Crippen LogP contribution in [-0.4, -0.2) is 25.3 Å². The van der Waals surface area contributed by atoms with Gasteiger partial charge in [0.2, 0.25) is 0 Å². The van der Waals surface area contributed by atoms with Gasteiger partial charge in [0.15, 0.2) is 0 Å². The lowest BCUT2D eigenvalue weighted by atomic mass is 10.3. The first-order chi connectivity index (χ1) is 10.6. The summed E-state index contributed by atoms with van der Waals surface area (Å²) < 4.78 is 6.11. The summed E-state index contributed by atoms with van der Waals surface area (Å²) in [6.45, 7) is 2.01. The van der Waals surface area contributed by atoms with E-state index in [2.05, 4.69) is 31.8 Å². The number of anilines is 1. The Morgan fingerprint density at radius 3 is 2.59 bits per heavy atom. The number of halogens is 1. The summed E-state index contributed by atoms with van der Waals surface area (Å²) in [6.07, 6.45) is 0. The van der Waals surface area contributed by atoms with Crippen LogP contribution in [0.1, 0.15) is 11.8 Å². The normalized spacial score (nSPS) is 11.1. The lowest BCUT2D eigenvalue weighted by Crippen LogP contribution is -2.26. The van der Waals surface area contributed by atoms with Gasteiger partial charge in [0.25, 0.3) is 5.91 Å². The molecule has 0 saturated heterocycles. The maximum atomic E-state index is 11.8. The number of hydrogen-bond acceptors (Lipinski definition) is 5. The van der Waals surface area contributed by atoms with Crippen molar-refractivity contribution in [1.29, 1.82) is 0 Å². The molecule has 116 valence electrons. The summed E-state index contributed by atoms with van der Waals surface area (Å²) in [5.41, 5.74) is 4.15. The molecule has 0 radical (unpaired) electrons. The number of carbonyl (C=O) groups excluding carboxylic acids is 1. The van der Waals surface area contributed by atoms with E-state index >= 15 is 0 Å². The van der Waals surface area contributed by atoms with Crippen LogP contribution in [0.4, 0.5) is 5.69 Å². The van der Waals surface area contributed by atoms with Gasteiger partial charge in [-0.2, -0.15) is 5.10 Å². The zero-order valence-corrected chi connectivity index (χ0v) is 14.6. The fourth-order valence-corrected chi connectivity index (χ4v) is 2.97. The fraction of sp³-hybridized carbons (Fsp3) is 0.200. The van der Waals surface area contributed by atoms with Crippen molar-refractivity contribution in [2.75, 3.05) is 19.0 Å². The van der Waals surface area contributed by atoms with Gasteiger partial charge >= 0.3 is 0 Å². The van der Waals surface area contributed by atoms with Crippen molar-refractivity contribution < 1.29 is 9.53 Å². The summed E-state index contributed by atoms with van der Waals surface area (Å²) in [7, 11) is 1.61. The molecule has 0 aliphatic rings. The summed E-state index contributed by atoms with van der Waals surface area (Å²) >= 11 is 4.97. The molecule has 0 bridgehead atoms. The summed E-state index contributed by atoms with van der Waals surface area (Å²) in [5.74, 6) is 0.572. The molecule has 2 aromatic rings. The van der Waals surface area contributed by atoms with Crippen LogP contribution < -0.4 is 15.5 Å². The minimum Gasteiger partial charge on any atom is -0.497 e. The maximum Gasteiger partial charge on any atom is 0.259 e. The Morgan fingerprint density at radius 1 is 1.27 bits per heavy atom. The van der Waals surface area contributed by atoms with Crippen molar-refractivity contribution in [2.45, 2.75) is 6.92 Å². The minimum absolute atomic E-state index is 0.150. The Kier molecular flexibility index (Phi) is 5.97. The molecule has 0 fully saturated rings. The van der Waals surface area contributed by atoms with E-state index in [-0.39, 0.29) is 12.5 Å². The highest BCUT2D eigenvalue weighted by molar-refractivity contribution is 9.11. The van der Waals surface area contributed by atoms with E-state index in [1.165, 1.54) is 0 Å². The van der Waals surface area contributed by atoms with Crippen LogP contribution in [0.15, 0.2) is 45.3 Å². The molecule has 0 unspecified atom stereocenters. The molecule has 2 rings (SSSR count). The number of rotatable bonds is 6. The number of amides is 1. The third kappa shape index (κ3) is 4.85. The Bertz CT molecular complexity index is 668. The number of nitrogens with zero attached hydrogens (tertiary/aromatic N) is 1. The van der Waals surface area contributed by atoms with Gasteiger partial charge in [-0.05, 0) is 59.3 Å². The van der Waals surface area contributed by atoms with E-state index in [0.29, 0.717) is 0 Å². The second-order valence-electron chi connectivity index (χ2n) is 4.42. The zero-order valence-electron chi connectivity index (χ0n) is 12.2. The standard InChI is InChI=1S/C15H16BrN3O2S/c1-10(13-7-8-14(16)22-13)18-19-15(20)9-17-11-3-5-12(21-2)6-4-11/h3-8,17H,9H2,1-2H3,(H,19,20)/b18-10-. The largest absolute Gasteiger partial charge is 0.497 e. The van der Waals surface area contributed by atoms with Crippen LogP contribution in [0.3, 0.4) is 0 Å². The van der Waals surface area contributed by atoms with Gasteiger partial charge in [0.05, 0.1) is 28.0 Å². The molecule has 7 heteroatoms. The van der Waals surface area contributed by atoms with Crippen molar-refractivity contribution in [2.24, 2.45) is 5.10 Å². The molecular weight excluding hydrogens is 366 g/mol. The molecule has 0 aliphatic carbocycles. The Hall–Kier alpha value is -1.86. The van der Waals surface area contributed by atoms with Crippen LogP contribution in [-0.2, 0) is 4.79 Å². The van der Waals surface area contributed by atoms with Gasteiger partial charge in [0.1, 0.15) is 5.75 Å². The van der Waals surface area contributed by atoms with Crippen molar-refractivity contribution in [1.82, 2.24) is 5.43 Å². The highest BCUT2D eigenvalue weighted by atomic mass is 79.9. The monoisotopic (exact) mass is 381 g/mol. The fourth-order valence-electron chi connectivity index (χ4n) is 1.64. The number of benzene rings is 1. The van der Waals surface area contributed by atoms with Gasteiger partial charge in [-0.1, -0.05) is 0 Å². The number of hydrazone groups is 1. The van der Waals surface area contributed by atoms with E-state index in [4.69, 9.17) is 4.74 Å². The average molecular weight is 382 g/mol. The highest BCUT2D eigenvalue weighted by Crippen LogP contribution is 2.22. The van der Waals surface area contributed by atoms with Crippen LogP contribution >= 0.6 is 27.3 Å². The quantitative estimate of drug-likeness (QED) is 0.594. The average Bonchev–Trinajstić information content (AvgIpc) is 2.97. The van der Waals surface area contributed by atoms with Gasteiger partial charge in [0, 0.05) is 5.69 Å². The molecule has 1 aromatic heterocycles. The van der Waals surface area contributed by atoms with E-state index in [1.807, 2.05) is 43.3 Å². The van der Waals surface area contributed by atoms with Gasteiger partial charge < -0.3 is 10.1 Å². The summed E-state index contributed by atoms with van der Waals surface area (Å²) in [4.78, 5) is 12.8. The first-order valence-corrected chi connectivity index (χ1v) is 8.16. The Balaban J connectivity index is 1.82. The predicted octanol–water partition coefficient (Wildman–Crippen LogP) is 3.47. The molecular formula is C15H16BrN3O2S. The number of hydrogen-bond donors (Lipinski definition) is 2. The summed E-state index contributed by atoms with van der Waals surface area (Å²) in [6, 6.07) is 11.3. The Labute approximate surface area is 141 Å². The molecule has 2 N–H and O–H groups in total. The predicted molar refractivity (Wildman–Crippen MR) is 93.9 cm³/mol. The SMILES string of the molecule is COc1ccc(NCC(=O)N/N=C(/C)c2ccc(Br)s2)cc1. The molecule has 0 aliphatic heterocycles. The van der Waals surface area contributed by atoms with Crippen LogP contribution in [0.25, 0.3) is 0 Å². The second kappa shape index (κ2) is 7.95. The van der Waals surface area contributed by atoms with E-state index in [1.54, 1.807) is 18.4 Å². The first kappa shape index (κ1) is 16.5. The lowest BCUT2D eigenvalue weighted by molar-refractivity contribution is -0.119. The van der Waals surface area contributed by atoms with Crippen molar-refractivity contribution in [3.05, 3.63) is 45.1 Å². The number of nitrogens with one attached hydrogen (secondary N) is 2. The molecule has 0 spiro atoms. The van der Waals surface area contributed by atoms with E-state index < -0.39 is 0 Å². The van der Waals surface area contributed by atoms with Crippen molar-refractivity contribution in [3.63, 3.8) is 0 Å². The number of thiophene rings is 1. The van der Waals surface area contributed by atoms with Crippen molar-refractivity contribution in [3.8, 4) is 5.75 Å². The minimum atomic E-state index is -0.203. The van der Waals surface area contributed by atoms with E-state index in [9.17, 15) is 4.79 Å². The third-order valence-electron chi connectivity index (χ3n) is 2.82.